The molecule has 0 radical (unpaired) electrons. The largest absolute Gasteiger partial charge is 0.400 e. The van der Waals surface area contributed by atoms with Gasteiger partial charge in [0.25, 0.3) is 0 Å². The van der Waals surface area contributed by atoms with Crippen LogP contribution in [0.3, 0.4) is 0 Å². The Bertz CT molecular complexity index is 736. The number of nitrogens with zero attached hydrogens (tertiary/aromatic N) is 1. The number of aliphatic hydroxyl groups is 1. The summed E-state index contributed by atoms with van der Waals surface area (Å²) >= 11 is 5.75. The molecular formula is C15H14ClFN2O2. The van der Waals surface area contributed by atoms with E-state index in [1.807, 2.05) is 6.07 Å². The van der Waals surface area contributed by atoms with Crippen molar-refractivity contribution < 1.29 is 14.0 Å². The Morgan fingerprint density at radius 1 is 1.33 bits per heavy atom. The van der Waals surface area contributed by atoms with E-state index in [2.05, 4.69) is 10.1 Å². The van der Waals surface area contributed by atoms with Gasteiger partial charge in [-0.3, -0.25) is 0 Å². The number of rotatable bonds is 3. The molecule has 0 spiro atoms. The lowest BCUT2D eigenvalue weighted by atomic mass is 10.1. The lowest BCUT2D eigenvalue weighted by Gasteiger charge is -1.97. The molecule has 6 heteroatoms. The maximum absolute atomic E-state index is 13.9. The van der Waals surface area contributed by atoms with Gasteiger partial charge in [0, 0.05) is 35.3 Å². The minimum Gasteiger partial charge on any atom is -0.400 e. The predicted molar refractivity (Wildman–Crippen MR) is 81.4 cm³/mol. The number of nitrogens with one attached hydrogen (secondary N) is 1. The highest BCUT2D eigenvalue weighted by atomic mass is 35.5. The minimum absolute atomic E-state index is 0.285. The number of aliphatic hydroxyl groups excluding tert-OH is 1. The second-order valence-corrected chi connectivity index (χ2v) is 4.41. The molecule has 2 heterocycles. The van der Waals surface area contributed by atoms with Crippen molar-refractivity contribution in [2.24, 2.45) is 0 Å². The first-order valence-corrected chi connectivity index (χ1v) is 6.70. The molecule has 0 aliphatic carbocycles. The van der Waals surface area contributed by atoms with E-state index in [-0.39, 0.29) is 5.82 Å². The van der Waals surface area contributed by atoms with E-state index in [1.54, 1.807) is 24.3 Å². The summed E-state index contributed by atoms with van der Waals surface area (Å²) < 4.78 is 18.6. The summed E-state index contributed by atoms with van der Waals surface area (Å²) in [7, 11) is 1.00. The standard InChI is InChI=1S/C14H10ClFN2O.CH4O/c15-8-12-5-10-6-13(16)9(7-14(10)17-12)1-2-11-3-4-19-18-11;1-2/h1-7,17H,8H2;2H,1H3/b2-1+;. The molecular weight excluding hydrogens is 295 g/mol. The minimum atomic E-state index is -0.285. The predicted octanol–water partition coefficient (Wildman–Crippen LogP) is 3.81. The van der Waals surface area contributed by atoms with Crippen LogP contribution in [-0.4, -0.2) is 22.4 Å². The third kappa shape index (κ3) is 3.51. The second kappa shape index (κ2) is 7.06. The Balaban J connectivity index is 0.000000774. The van der Waals surface area contributed by atoms with E-state index in [9.17, 15) is 4.39 Å². The Hall–Kier alpha value is -2.11. The molecule has 110 valence electrons. The Morgan fingerprint density at radius 3 is 2.81 bits per heavy atom. The number of benzene rings is 1. The van der Waals surface area contributed by atoms with E-state index in [1.165, 1.54) is 12.3 Å². The number of aromatic nitrogens is 2. The van der Waals surface area contributed by atoms with Gasteiger partial charge in [0.05, 0.1) is 5.88 Å². The van der Waals surface area contributed by atoms with Crippen LogP contribution in [0.4, 0.5) is 4.39 Å². The van der Waals surface area contributed by atoms with Crippen molar-refractivity contribution in [2.45, 2.75) is 5.88 Å². The van der Waals surface area contributed by atoms with Crippen molar-refractivity contribution in [3.63, 3.8) is 0 Å². The monoisotopic (exact) mass is 308 g/mol. The van der Waals surface area contributed by atoms with Gasteiger partial charge < -0.3 is 14.6 Å². The highest BCUT2D eigenvalue weighted by molar-refractivity contribution is 6.17. The summed E-state index contributed by atoms with van der Waals surface area (Å²) in [6.45, 7) is 0. The lowest BCUT2D eigenvalue weighted by Crippen LogP contribution is -1.82. The smallest absolute Gasteiger partial charge is 0.131 e. The summed E-state index contributed by atoms with van der Waals surface area (Å²) in [5, 5.41) is 11.5. The number of aromatic amines is 1. The van der Waals surface area contributed by atoms with Crippen LogP contribution in [0.15, 0.2) is 35.1 Å². The summed E-state index contributed by atoms with van der Waals surface area (Å²) in [5.74, 6) is 0.0906. The number of halogens is 2. The van der Waals surface area contributed by atoms with Gasteiger partial charge in [-0.05, 0) is 30.4 Å². The molecule has 0 atom stereocenters. The molecule has 21 heavy (non-hydrogen) atoms. The Morgan fingerprint density at radius 2 is 2.14 bits per heavy atom. The maximum Gasteiger partial charge on any atom is 0.131 e. The SMILES string of the molecule is CO.Fc1cc2cc(CCl)[nH]c2cc1/C=C/c1ccon1. The quantitative estimate of drug-likeness (QED) is 0.723. The molecule has 0 bridgehead atoms. The molecule has 2 N–H and O–H groups in total. The number of hydrogen-bond donors (Lipinski definition) is 2. The van der Waals surface area contributed by atoms with E-state index < -0.39 is 0 Å². The summed E-state index contributed by atoms with van der Waals surface area (Å²) in [5.41, 5.74) is 2.86. The third-order valence-electron chi connectivity index (χ3n) is 2.83. The number of hydrogen-bond acceptors (Lipinski definition) is 3. The van der Waals surface area contributed by atoms with Crippen LogP contribution >= 0.6 is 11.6 Å². The van der Waals surface area contributed by atoms with Crippen LogP contribution in [0.1, 0.15) is 17.0 Å². The Kier molecular flexibility index (Phi) is 5.14. The number of alkyl halides is 1. The van der Waals surface area contributed by atoms with Crippen LogP contribution in [0.25, 0.3) is 23.1 Å². The molecule has 2 aromatic heterocycles. The average Bonchev–Trinajstić information content (AvgIpc) is 3.15. The highest BCUT2D eigenvalue weighted by Gasteiger charge is 2.05. The number of fused-ring (bicyclic) bond motifs is 1. The van der Waals surface area contributed by atoms with Gasteiger partial charge in [0.1, 0.15) is 17.8 Å². The maximum atomic E-state index is 13.9. The Labute approximate surface area is 125 Å². The zero-order chi connectivity index (χ0) is 15.2. The van der Waals surface area contributed by atoms with E-state index in [4.69, 9.17) is 21.2 Å². The normalized spacial score (nSPS) is 10.9. The zero-order valence-corrected chi connectivity index (χ0v) is 12.1. The zero-order valence-electron chi connectivity index (χ0n) is 11.3. The van der Waals surface area contributed by atoms with Gasteiger partial charge >= 0.3 is 0 Å². The van der Waals surface area contributed by atoms with Gasteiger partial charge in [-0.2, -0.15) is 0 Å². The molecule has 0 saturated heterocycles. The van der Waals surface area contributed by atoms with Gasteiger partial charge in [-0.25, -0.2) is 4.39 Å². The fourth-order valence-electron chi connectivity index (χ4n) is 1.91. The lowest BCUT2D eigenvalue weighted by molar-refractivity contribution is 0.399. The van der Waals surface area contributed by atoms with Crippen LogP contribution in [0.2, 0.25) is 0 Å². The van der Waals surface area contributed by atoms with Crippen molar-refractivity contribution in [3.05, 3.63) is 53.3 Å². The van der Waals surface area contributed by atoms with Gasteiger partial charge in [0.15, 0.2) is 0 Å². The summed E-state index contributed by atoms with van der Waals surface area (Å²) in [4.78, 5) is 3.14. The van der Waals surface area contributed by atoms with Crippen molar-refractivity contribution in [1.29, 1.82) is 0 Å². The van der Waals surface area contributed by atoms with Gasteiger partial charge in [-0.1, -0.05) is 5.16 Å². The molecule has 0 aliphatic heterocycles. The molecule has 1 aromatic carbocycles. The van der Waals surface area contributed by atoms with Gasteiger partial charge in [-0.15, -0.1) is 11.6 Å². The molecule has 0 saturated carbocycles. The van der Waals surface area contributed by atoms with E-state index in [0.717, 1.165) is 23.7 Å². The topological polar surface area (TPSA) is 62.0 Å². The first-order valence-electron chi connectivity index (χ1n) is 6.16. The second-order valence-electron chi connectivity index (χ2n) is 4.15. The van der Waals surface area contributed by atoms with Crippen molar-refractivity contribution in [2.75, 3.05) is 7.11 Å². The van der Waals surface area contributed by atoms with Gasteiger partial charge in [0.2, 0.25) is 0 Å². The molecule has 0 aliphatic rings. The molecule has 3 aromatic rings. The van der Waals surface area contributed by atoms with Crippen LogP contribution in [0.5, 0.6) is 0 Å². The molecule has 0 fully saturated rings. The molecule has 0 amide bonds. The van der Waals surface area contributed by atoms with Crippen LogP contribution < -0.4 is 0 Å². The molecule has 3 rings (SSSR count). The van der Waals surface area contributed by atoms with Crippen molar-refractivity contribution in [3.8, 4) is 0 Å². The first kappa shape index (κ1) is 15.3. The fourth-order valence-corrected chi connectivity index (χ4v) is 2.06. The van der Waals surface area contributed by atoms with Crippen LogP contribution in [0, 0.1) is 5.82 Å². The summed E-state index contributed by atoms with van der Waals surface area (Å²) in [6.07, 6.45) is 4.82. The molecule has 4 nitrogen and oxygen atoms in total. The number of H-pyrrole nitrogens is 1. The molecule has 0 unspecified atom stereocenters. The third-order valence-corrected chi connectivity index (χ3v) is 3.12. The highest BCUT2D eigenvalue weighted by Crippen LogP contribution is 2.22. The van der Waals surface area contributed by atoms with E-state index in [0.29, 0.717) is 17.1 Å². The summed E-state index contributed by atoms with van der Waals surface area (Å²) in [6, 6.07) is 6.78. The van der Waals surface area contributed by atoms with Crippen molar-refractivity contribution in [1.82, 2.24) is 10.1 Å². The van der Waals surface area contributed by atoms with Crippen LogP contribution in [-0.2, 0) is 5.88 Å². The van der Waals surface area contributed by atoms with E-state index >= 15 is 0 Å². The van der Waals surface area contributed by atoms with Crippen molar-refractivity contribution >= 4 is 34.7 Å². The fraction of sp³-hybridized carbons (Fsp3) is 0.133. The average molecular weight is 309 g/mol. The first-order chi connectivity index (χ1) is 10.3.